The van der Waals surface area contributed by atoms with E-state index >= 15 is 0 Å². The van der Waals surface area contributed by atoms with Crippen molar-refractivity contribution in [2.45, 2.75) is 29.4 Å². The highest BCUT2D eigenvalue weighted by Crippen LogP contribution is 2.32. The number of rotatable bonds is 6. The van der Waals surface area contributed by atoms with E-state index in [2.05, 4.69) is 9.71 Å². The van der Waals surface area contributed by atoms with Crippen LogP contribution in [0.15, 0.2) is 46.8 Å². The molecular weight excluding hydrogens is 559 g/mol. The van der Waals surface area contributed by atoms with E-state index in [1.165, 1.54) is 12.3 Å². The molecule has 0 unspecified atom stereocenters. The van der Waals surface area contributed by atoms with E-state index in [9.17, 15) is 26.4 Å². The second kappa shape index (κ2) is 11.0. The van der Waals surface area contributed by atoms with Gasteiger partial charge in [0.1, 0.15) is 21.2 Å². The number of amidine groups is 1. The van der Waals surface area contributed by atoms with Crippen LogP contribution in [0.1, 0.15) is 17.5 Å². The topological polar surface area (TPSA) is 167 Å². The molecule has 0 saturated carbocycles. The number of pyridine rings is 1. The van der Waals surface area contributed by atoms with Crippen molar-refractivity contribution in [3.63, 3.8) is 0 Å². The molecule has 16 heteroatoms. The molecule has 4 rings (SSSR count). The third-order valence-corrected chi connectivity index (χ3v) is 8.43. The van der Waals surface area contributed by atoms with Gasteiger partial charge in [0.05, 0.1) is 0 Å². The average Bonchev–Trinajstić information content (AvgIpc) is 3.40. The Morgan fingerprint density at radius 3 is 2.59 bits per heavy atom. The molecule has 5 N–H and O–H groups in total. The summed E-state index contributed by atoms with van der Waals surface area (Å²) in [6.45, 7) is 0.751. The van der Waals surface area contributed by atoms with Crippen LogP contribution in [0.2, 0.25) is 5.15 Å². The summed E-state index contributed by atoms with van der Waals surface area (Å²) in [7, 11) is -3.88. The molecule has 0 aliphatic carbocycles. The van der Waals surface area contributed by atoms with Gasteiger partial charge in [0, 0.05) is 34.9 Å². The van der Waals surface area contributed by atoms with Crippen molar-refractivity contribution in [2.75, 3.05) is 6.54 Å². The smallest absolute Gasteiger partial charge is 0.475 e. The molecular formula is C21H19ClF3N5O5S2. The van der Waals surface area contributed by atoms with E-state index in [1.54, 1.807) is 29.2 Å². The van der Waals surface area contributed by atoms with Crippen molar-refractivity contribution in [2.24, 2.45) is 5.73 Å². The lowest BCUT2D eigenvalue weighted by molar-refractivity contribution is -0.192. The number of thiophene rings is 1. The Kier molecular flexibility index (Phi) is 8.42. The first-order valence-electron chi connectivity index (χ1n) is 10.3. The van der Waals surface area contributed by atoms with Crippen LogP contribution in [-0.2, 0) is 26.2 Å². The monoisotopic (exact) mass is 577 g/mol. The fourth-order valence-corrected chi connectivity index (χ4v) is 6.24. The molecule has 0 bridgehead atoms. The van der Waals surface area contributed by atoms with Crippen LogP contribution in [0.25, 0.3) is 10.1 Å². The molecule has 198 valence electrons. The van der Waals surface area contributed by atoms with Crippen LogP contribution >= 0.6 is 22.9 Å². The van der Waals surface area contributed by atoms with Gasteiger partial charge in [0.2, 0.25) is 5.91 Å². The molecule has 1 fully saturated rings. The predicted octanol–water partition coefficient (Wildman–Crippen LogP) is 2.95. The largest absolute Gasteiger partial charge is 0.490 e. The van der Waals surface area contributed by atoms with E-state index in [4.69, 9.17) is 32.6 Å². The molecule has 37 heavy (non-hydrogen) atoms. The maximum absolute atomic E-state index is 12.8. The third-order valence-electron chi connectivity index (χ3n) is 5.09. The Morgan fingerprint density at radius 2 is 2.00 bits per heavy atom. The summed E-state index contributed by atoms with van der Waals surface area (Å²) in [5.41, 5.74) is 6.92. The fourth-order valence-electron chi connectivity index (χ4n) is 3.35. The number of halogens is 4. The zero-order valence-corrected chi connectivity index (χ0v) is 21.0. The Balaban J connectivity index is 0.000000479. The lowest BCUT2D eigenvalue weighted by Crippen LogP contribution is -2.41. The van der Waals surface area contributed by atoms with Crippen molar-refractivity contribution in [1.29, 1.82) is 5.41 Å². The average molecular weight is 578 g/mol. The number of hydrogen-bond acceptors (Lipinski definition) is 7. The van der Waals surface area contributed by atoms with Crippen molar-refractivity contribution in [1.82, 2.24) is 14.6 Å². The summed E-state index contributed by atoms with van der Waals surface area (Å²) in [4.78, 5) is 27.2. The number of benzene rings is 1. The molecule has 3 heterocycles. The lowest BCUT2D eigenvalue weighted by atomic mass is 10.1. The second-order valence-electron chi connectivity index (χ2n) is 7.72. The van der Waals surface area contributed by atoms with Gasteiger partial charge < -0.3 is 15.7 Å². The van der Waals surface area contributed by atoms with E-state index in [0.29, 0.717) is 35.2 Å². The van der Waals surface area contributed by atoms with E-state index < -0.39 is 28.2 Å². The van der Waals surface area contributed by atoms with Crippen LogP contribution in [-0.4, -0.2) is 59.9 Å². The van der Waals surface area contributed by atoms with Crippen molar-refractivity contribution in [3.8, 4) is 0 Å². The normalized spacial score (nSPS) is 15.9. The van der Waals surface area contributed by atoms with Crippen LogP contribution in [0, 0.1) is 5.41 Å². The molecule has 2 aromatic heterocycles. The van der Waals surface area contributed by atoms with Gasteiger partial charge in [-0.25, -0.2) is 18.2 Å². The number of carboxylic acids is 1. The number of carboxylic acid groups (broad SMARTS) is 1. The Morgan fingerprint density at radius 1 is 1.32 bits per heavy atom. The van der Waals surface area contributed by atoms with Gasteiger partial charge in [-0.2, -0.15) is 17.9 Å². The number of nitrogens with two attached hydrogens (primary N) is 1. The minimum atomic E-state index is -5.08. The number of aliphatic carboxylic acids is 1. The summed E-state index contributed by atoms with van der Waals surface area (Å²) in [5, 5.41) is 15.5. The van der Waals surface area contributed by atoms with Gasteiger partial charge in [-0.1, -0.05) is 29.8 Å². The molecule has 1 aliphatic heterocycles. The molecule has 10 nitrogen and oxygen atoms in total. The number of hydrogen-bond donors (Lipinski definition) is 4. The molecule has 0 radical (unpaired) electrons. The Labute approximate surface area is 217 Å². The standard InChI is InChI=1S/C19H18ClN5O3S2.C2HF3O2/c20-17-13-9-16(29-15(13)4-6-23-17)30(27,28)24-14-5-7-25(19(14)26)10-11-2-1-3-12(8-11)18(21)22;3-2(4,5)1(6)7/h1-4,6,8-9,14,24H,5,7,10H2,(H3,21,22);(H,6,7)/t14-;/m0./s1. The summed E-state index contributed by atoms with van der Waals surface area (Å²) in [6, 6.07) is 9.43. The highest BCUT2D eigenvalue weighted by Gasteiger charge is 2.38. The summed E-state index contributed by atoms with van der Waals surface area (Å²) in [5.74, 6) is -3.09. The summed E-state index contributed by atoms with van der Waals surface area (Å²) >= 11 is 7.12. The number of nitrogens with one attached hydrogen (secondary N) is 2. The SMILES string of the molecule is N=C(N)c1cccc(CN2CC[C@H](NS(=O)(=O)c3cc4c(Cl)nccc4s3)C2=O)c1.O=C(O)C(F)(F)F. The third kappa shape index (κ3) is 6.94. The number of likely N-dealkylation sites (tertiary alicyclic amines) is 1. The minimum Gasteiger partial charge on any atom is -0.475 e. The first-order chi connectivity index (χ1) is 17.2. The van der Waals surface area contributed by atoms with Gasteiger partial charge in [-0.15, -0.1) is 11.3 Å². The molecule has 0 spiro atoms. The van der Waals surface area contributed by atoms with Gasteiger partial charge in [-0.3, -0.25) is 10.2 Å². The zero-order valence-electron chi connectivity index (χ0n) is 18.6. The number of carbonyl (C=O) groups excluding carboxylic acids is 1. The number of amides is 1. The maximum atomic E-state index is 12.8. The first-order valence-corrected chi connectivity index (χ1v) is 13.0. The van der Waals surface area contributed by atoms with E-state index in [1.807, 2.05) is 6.07 Å². The number of alkyl halides is 3. The van der Waals surface area contributed by atoms with Crippen LogP contribution in [0.4, 0.5) is 13.2 Å². The molecule has 1 atom stereocenters. The Bertz CT molecular complexity index is 1460. The van der Waals surface area contributed by atoms with Crippen LogP contribution in [0.3, 0.4) is 0 Å². The van der Waals surface area contributed by atoms with Crippen LogP contribution in [0.5, 0.6) is 0 Å². The molecule has 1 aromatic carbocycles. The lowest BCUT2D eigenvalue weighted by Gasteiger charge is -2.17. The molecule has 1 amide bonds. The second-order valence-corrected chi connectivity index (χ2v) is 11.1. The Hall–Kier alpha value is -3.27. The fraction of sp³-hybridized carbons (Fsp3) is 0.238. The quantitative estimate of drug-likeness (QED) is 0.198. The van der Waals surface area contributed by atoms with Crippen molar-refractivity contribution < 1.29 is 36.3 Å². The highest BCUT2D eigenvalue weighted by atomic mass is 35.5. The van der Waals surface area contributed by atoms with Crippen molar-refractivity contribution in [3.05, 3.63) is 58.9 Å². The molecule has 1 saturated heterocycles. The van der Waals surface area contributed by atoms with Crippen molar-refractivity contribution >= 4 is 60.8 Å². The predicted molar refractivity (Wildman–Crippen MR) is 130 cm³/mol. The van der Waals surface area contributed by atoms with Gasteiger partial charge in [0.15, 0.2) is 0 Å². The minimum absolute atomic E-state index is 0.0473. The maximum Gasteiger partial charge on any atom is 0.490 e. The zero-order chi connectivity index (χ0) is 27.5. The number of sulfonamides is 1. The van der Waals surface area contributed by atoms with Crippen LogP contribution < -0.4 is 10.5 Å². The van der Waals surface area contributed by atoms with E-state index in [-0.39, 0.29) is 21.1 Å². The summed E-state index contributed by atoms with van der Waals surface area (Å²) < 4.78 is 60.7. The number of nitrogen functional groups attached to an aromatic ring is 1. The number of fused-ring (bicyclic) bond motifs is 1. The first kappa shape index (κ1) is 28.3. The van der Waals surface area contributed by atoms with Gasteiger partial charge in [0.25, 0.3) is 10.0 Å². The number of aromatic nitrogens is 1. The van der Waals surface area contributed by atoms with E-state index in [0.717, 1.165) is 16.9 Å². The number of carbonyl (C=O) groups is 2. The highest BCUT2D eigenvalue weighted by molar-refractivity contribution is 7.91. The van der Waals surface area contributed by atoms with Gasteiger partial charge >= 0.3 is 12.1 Å². The van der Waals surface area contributed by atoms with Gasteiger partial charge in [-0.05, 0) is 30.2 Å². The number of nitrogens with zero attached hydrogens (tertiary/aromatic N) is 2. The summed E-state index contributed by atoms with van der Waals surface area (Å²) in [6.07, 6.45) is -3.19. The molecule has 3 aromatic rings. The molecule has 1 aliphatic rings.